The van der Waals surface area contributed by atoms with Crippen LogP contribution in [-0.4, -0.2) is 59.4 Å². The molecule has 13 heteroatoms. The number of nitrogens with zero attached hydrogens (tertiary/aromatic N) is 6. The van der Waals surface area contributed by atoms with Crippen molar-refractivity contribution >= 4 is 45.9 Å². The number of carbonyl (C=O) groups excluding carboxylic acids is 1. The van der Waals surface area contributed by atoms with Crippen molar-refractivity contribution in [3.05, 3.63) is 40.0 Å². The van der Waals surface area contributed by atoms with Crippen molar-refractivity contribution in [3.8, 4) is 11.5 Å². The molecule has 0 saturated carbocycles. The van der Waals surface area contributed by atoms with E-state index in [1.165, 1.54) is 11.3 Å². The number of anilines is 2. The number of hydrogen-bond donors (Lipinski definition) is 3. The van der Waals surface area contributed by atoms with Gasteiger partial charge in [-0.15, -0.1) is 11.3 Å². The Morgan fingerprint density at radius 1 is 1.32 bits per heavy atom. The molecule has 1 fully saturated rings. The molecule has 0 unspecified atom stereocenters. The summed E-state index contributed by atoms with van der Waals surface area (Å²) in [6.07, 6.45) is 5.14. The molecule has 40 heavy (non-hydrogen) atoms. The highest BCUT2D eigenvalue weighted by Gasteiger charge is 2.50. The second kappa shape index (κ2) is 9.59. The first kappa shape index (κ1) is 26.3. The molecule has 0 aromatic carbocycles. The number of carboxylic acids is 1. The van der Waals surface area contributed by atoms with E-state index in [1.54, 1.807) is 32.3 Å². The summed E-state index contributed by atoms with van der Waals surface area (Å²) >= 11 is 1.28. The molecule has 2 aliphatic rings. The van der Waals surface area contributed by atoms with Gasteiger partial charge in [-0.25, -0.2) is 24.6 Å². The van der Waals surface area contributed by atoms with E-state index in [4.69, 9.17) is 20.6 Å². The smallest absolute Gasteiger partial charge is 0.309 e. The van der Waals surface area contributed by atoms with Gasteiger partial charge in [-0.3, -0.25) is 9.59 Å². The molecule has 2 aliphatic heterocycles. The molecule has 4 aromatic heterocycles. The molecule has 0 spiro atoms. The highest BCUT2D eigenvalue weighted by Crippen LogP contribution is 2.46. The minimum Gasteiger partial charge on any atom is -0.481 e. The predicted octanol–water partition coefficient (Wildman–Crippen LogP) is 3.41. The normalized spacial score (nSPS) is 21.0. The van der Waals surface area contributed by atoms with Crippen LogP contribution in [0.2, 0.25) is 0 Å². The molecule has 6 rings (SSSR count). The minimum atomic E-state index is -1.23. The van der Waals surface area contributed by atoms with E-state index in [9.17, 15) is 14.7 Å². The van der Waals surface area contributed by atoms with E-state index >= 15 is 0 Å². The van der Waals surface area contributed by atoms with Gasteiger partial charge in [-0.2, -0.15) is 5.10 Å². The Labute approximate surface area is 234 Å². The fraction of sp³-hybridized carbons (Fsp3) is 0.444. The summed E-state index contributed by atoms with van der Waals surface area (Å²) in [5.41, 5.74) is 6.55. The molecule has 2 atom stereocenters. The standard InChI is InChI=1S/C27H30N8O4S/c1-26(2,25(37)38)11-14-13-40-24(30-14)27(3)17-19(28)31-21(32-20(17)33-23(27)36)18-16-8-6-9-29-22(16)35(34-18)12-15-7-4-5-10-39-15/h6,8-9,13,15H,4-5,7,10-12H2,1-3H3,(H,37,38)(H3,28,31,32,33,36)/t15-,27-/m0/s1. The molecule has 4 aromatic rings. The Kier molecular flexibility index (Phi) is 6.30. The van der Waals surface area contributed by atoms with E-state index in [0.717, 1.165) is 31.3 Å². The minimum absolute atomic E-state index is 0.0574. The molecule has 1 amide bonds. The Morgan fingerprint density at radius 3 is 2.90 bits per heavy atom. The molecular formula is C27H30N8O4S. The van der Waals surface area contributed by atoms with Gasteiger partial charge in [0.15, 0.2) is 11.5 Å². The van der Waals surface area contributed by atoms with E-state index in [2.05, 4.69) is 20.3 Å². The van der Waals surface area contributed by atoms with Crippen LogP contribution >= 0.6 is 11.3 Å². The van der Waals surface area contributed by atoms with Crippen LogP contribution in [0.4, 0.5) is 11.6 Å². The Morgan fingerprint density at radius 2 is 2.15 bits per heavy atom. The first-order valence-corrected chi connectivity index (χ1v) is 14.1. The van der Waals surface area contributed by atoms with Crippen LogP contribution in [0.1, 0.15) is 56.3 Å². The number of carboxylic acid groups (broad SMARTS) is 1. The lowest BCUT2D eigenvalue weighted by Gasteiger charge is -2.22. The lowest BCUT2D eigenvalue weighted by atomic mass is 9.85. The summed E-state index contributed by atoms with van der Waals surface area (Å²) in [4.78, 5) is 43.5. The van der Waals surface area contributed by atoms with E-state index in [0.29, 0.717) is 40.0 Å². The number of carbonyl (C=O) groups is 2. The Balaban J connectivity index is 1.37. The van der Waals surface area contributed by atoms with Gasteiger partial charge < -0.3 is 20.9 Å². The summed E-state index contributed by atoms with van der Waals surface area (Å²) < 4.78 is 7.75. The highest BCUT2D eigenvalue weighted by molar-refractivity contribution is 7.10. The quantitative estimate of drug-likeness (QED) is 0.303. The zero-order valence-electron chi connectivity index (χ0n) is 22.5. The molecule has 1 saturated heterocycles. The van der Waals surface area contributed by atoms with Gasteiger partial charge in [0.05, 0.1) is 34.7 Å². The third kappa shape index (κ3) is 4.29. The van der Waals surface area contributed by atoms with E-state index in [-0.39, 0.29) is 30.1 Å². The zero-order valence-corrected chi connectivity index (χ0v) is 23.3. The first-order chi connectivity index (χ1) is 19.1. The van der Waals surface area contributed by atoms with Gasteiger partial charge in [0.1, 0.15) is 27.8 Å². The number of nitrogen functional groups attached to an aromatic ring is 1. The van der Waals surface area contributed by atoms with Gasteiger partial charge in [0, 0.05) is 24.6 Å². The molecule has 0 aliphatic carbocycles. The maximum atomic E-state index is 13.4. The second-order valence-electron chi connectivity index (χ2n) is 11.1. The van der Waals surface area contributed by atoms with Crippen LogP contribution in [0.15, 0.2) is 23.7 Å². The van der Waals surface area contributed by atoms with Gasteiger partial charge in [0.2, 0.25) is 5.91 Å². The number of aliphatic carboxylic acids is 1. The number of ether oxygens (including phenoxy) is 1. The Bertz CT molecular complexity index is 1640. The number of nitrogens with one attached hydrogen (secondary N) is 1. The van der Waals surface area contributed by atoms with Crippen LogP contribution in [0.3, 0.4) is 0 Å². The summed E-state index contributed by atoms with van der Waals surface area (Å²) in [5, 5.41) is 20.2. The number of rotatable bonds is 7. The largest absolute Gasteiger partial charge is 0.481 e. The number of pyridine rings is 1. The van der Waals surface area contributed by atoms with Gasteiger partial charge in [0.25, 0.3) is 0 Å². The number of amides is 1. The van der Waals surface area contributed by atoms with Crippen LogP contribution < -0.4 is 11.1 Å². The summed E-state index contributed by atoms with van der Waals surface area (Å²) in [7, 11) is 0. The first-order valence-electron chi connectivity index (χ1n) is 13.2. The van der Waals surface area contributed by atoms with Crippen molar-refractivity contribution in [1.82, 2.24) is 29.7 Å². The molecule has 208 valence electrons. The van der Waals surface area contributed by atoms with E-state index < -0.39 is 16.8 Å². The maximum absolute atomic E-state index is 13.4. The summed E-state index contributed by atoms with van der Waals surface area (Å²) in [6, 6.07) is 3.74. The molecule has 0 radical (unpaired) electrons. The second-order valence-corrected chi connectivity index (χ2v) is 12.0. The SMILES string of the molecule is CC(C)(Cc1csc([C@]2(C)C(=O)Nc3nc(-c4nn(C[C@@H]5CCCCO5)c5ncccc45)nc(N)c32)n1)C(=O)O. The van der Waals surface area contributed by atoms with Gasteiger partial charge in [-0.05, 0) is 52.2 Å². The molecular weight excluding hydrogens is 532 g/mol. The van der Waals surface area contributed by atoms with Crippen molar-refractivity contribution in [2.24, 2.45) is 5.41 Å². The van der Waals surface area contributed by atoms with Crippen LogP contribution in [-0.2, 0) is 32.7 Å². The lowest BCUT2D eigenvalue weighted by Crippen LogP contribution is -2.33. The fourth-order valence-corrected chi connectivity index (χ4v) is 6.29. The van der Waals surface area contributed by atoms with Crippen molar-refractivity contribution in [2.75, 3.05) is 17.7 Å². The molecule has 12 nitrogen and oxygen atoms in total. The number of nitrogens with two attached hydrogens (primary N) is 1. The molecule has 6 heterocycles. The fourth-order valence-electron chi connectivity index (χ4n) is 5.31. The molecule has 0 bridgehead atoms. The van der Waals surface area contributed by atoms with Crippen LogP contribution in [0.25, 0.3) is 22.6 Å². The third-order valence-electron chi connectivity index (χ3n) is 7.67. The third-order valence-corrected chi connectivity index (χ3v) is 8.79. The average molecular weight is 563 g/mol. The monoisotopic (exact) mass is 562 g/mol. The Hall–Kier alpha value is -3.97. The number of thiazole rings is 1. The number of fused-ring (bicyclic) bond motifs is 2. The number of hydrogen-bond acceptors (Lipinski definition) is 10. The van der Waals surface area contributed by atoms with Gasteiger partial charge >= 0.3 is 5.97 Å². The van der Waals surface area contributed by atoms with Gasteiger partial charge in [-0.1, -0.05) is 0 Å². The predicted molar refractivity (Wildman–Crippen MR) is 149 cm³/mol. The van der Waals surface area contributed by atoms with Crippen LogP contribution in [0, 0.1) is 5.41 Å². The average Bonchev–Trinajstić information content (AvgIpc) is 3.60. The highest BCUT2D eigenvalue weighted by atomic mass is 32.1. The maximum Gasteiger partial charge on any atom is 0.309 e. The zero-order chi connectivity index (χ0) is 28.2. The lowest BCUT2D eigenvalue weighted by molar-refractivity contribution is -0.146. The van der Waals surface area contributed by atoms with Crippen molar-refractivity contribution in [1.29, 1.82) is 0 Å². The number of aromatic nitrogens is 6. The summed E-state index contributed by atoms with van der Waals surface area (Å²) in [5.74, 6) is -0.514. The van der Waals surface area contributed by atoms with E-state index in [1.807, 2.05) is 16.8 Å². The van der Waals surface area contributed by atoms with Crippen LogP contribution in [0.5, 0.6) is 0 Å². The topological polar surface area (TPSA) is 171 Å². The van der Waals surface area contributed by atoms with Crippen molar-refractivity contribution in [3.63, 3.8) is 0 Å². The van der Waals surface area contributed by atoms with Crippen molar-refractivity contribution in [2.45, 2.75) is 64.5 Å². The summed E-state index contributed by atoms with van der Waals surface area (Å²) in [6.45, 7) is 6.32. The molecule has 4 N–H and O–H groups in total. The van der Waals surface area contributed by atoms with Crippen molar-refractivity contribution < 1.29 is 19.4 Å².